The highest BCUT2D eigenvalue weighted by Crippen LogP contribution is 2.88. The molecule has 0 N–H and O–H groups in total. The summed E-state index contributed by atoms with van der Waals surface area (Å²) in [5.41, 5.74) is 1.92. The van der Waals surface area contributed by atoms with E-state index in [0.717, 1.165) is 11.8 Å². The second-order valence-corrected chi connectivity index (χ2v) is 6.44. The molecule has 0 aromatic carbocycles. The van der Waals surface area contributed by atoms with Crippen molar-refractivity contribution in [1.82, 2.24) is 0 Å². The lowest BCUT2D eigenvalue weighted by Gasteiger charge is -2.44. The van der Waals surface area contributed by atoms with Crippen LogP contribution >= 0.6 is 0 Å². The molecule has 0 bridgehead atoms. The molecule has 0 aromatic heterocycles. The summed E-state index contributed by atoms with van der Waals surface area (Å²) in [4.78, 5) is 0. The van der Waals surface area contributed by atoms with Gasteiger partial charge in [0, 0.05) is 0 Å². The average Bonchev–Trinajstić information content (AvgIpc) is 2.97. The number of rotatable bonds is 2. The van der Waals surface area contributed by atoms with E-state index in [1.54, 1.807) is 6.42 Å². The van der Waals surface area contributed by atoms with E-state index in [1.807, 2.05) is 5.57 Å². The molecule has 5 rings (SSSR count). The topological polar surface area (TPSA) is 0 Å². The molecule has 74 valence electrons. The summed E-state index contributed by atoms with van der Waals surface area (Å²) in [6, 6.07) is 0. The Hall–Kier alpha value is -0.260. The molecule has 0 aliphatic heterocycles. The van der Waals surface area contributed by atoms with Gasteiger partial charge in [-0.3, -0.25) is 0 Å². The first-order valence-electron chi connectivity index (χ1n) is 6.61. The minimum atomic E-state index is 1.01. The third-order valence-electron chi connectivity index (χ3n) is 6.33. The van der Waals surface area contributed by atoms with E-state index in [2.05, 4.69) is 13.0 Å². The fourth-order valence-corrected chi connectivity index (χ4v) is 5.65. The van der Waals surface area contributed by atoms with Crippen LogP contribution in [0.15, 0.2) is 11.6 Å². The van der Waals surface area contributed by atoms with E-state index in [-0.39, 0.29) is 0 Å². The lowest BCUT2D eigenvalue weighted by atomic mass is 9.60. The van der Waals surface area contributed by atoms with Gasteiger partial charge in [0.1, 0.15) is 0 Å². The van der Waals surface area contributed by atoms with Crippen LogP contribution in [0.3, 0.4) is 0 Å². The molecule has 4 saturated carbocycles. The van der Waals surface area contributed by atoms with Crippen molar-refractivity contribution >= 4 is 0 Å². The third kappa shape index (κ3) is 0.526. The fraction of sp³-hybridized carbons (Fsp3) is 0.857. The van der Waals surface area contributed by atoms with Gasteiger partial charge in [-0.05, 0) is 66.6 Å². The maximum absolute atomic E-state index is 2.58. The van der Waals surface area contributed by atoms with E-state index >= 15 is 0 Å². The molecule has 0 amide bonds. The van der Waals surface area contributed by atoms with Crippen LogP contribution in [0.1, 0.15) is 26.2 Å². The third-order valence-corrected chi connectivity index (χ3v) is 6.33. The van der Waals surface area contributed by atoms with Gasteiger partial charge < -0.3 is 0 Å². The van der Waals surface area contributed by atoms with Gasteiger partial charge in [0.15, 0.2) is 0 Å². The van der Waals surface area contributed by atoms with Gasteiger partial charge in [-0.15, -0.1) is 0 Å². The smallest absolute Gasteiger partial charge is 0.0132 e. The largest absolute Gasteiger partial charge is 0.0841 e. The normalized spacial score (nSPS) is 69.9. The zero-order valence-corrected chi connectivity index (χ0v) is 8.82. The van der Waals surface area contributed by atoms with Gasteiger partial charge in [0.25, 0.3) is 0 Å². The summed E-state index contributed by atoms with van der Waals surface area (Å²) < 4.78 is 0. The predicted octanol–water partition coefficient (Wildman–Crippen LogP) is 3.10. The number of hydrogen-bond donors (Lipinski definition) is 0. The highest BCUT2D eigenvalue weighted by Gasteiger charge is 2.83. The first-order valence-corrected chi connectivity index (χ1v) is 6.61. The van der Waals surface area contributed by atoms with Crippen LogP contribution < -0.4 is 0 Å². The predicted molar refractivity (Wildman–Crippen MR) is 55.5 cm³/mol. The van der Waals surface area contributed by atoms with E-state index in [0.29, 0.717) is 0 Å². The molecular weight excluding hydrogens is 168 g/mol. The number of fused-ring (bicyclic) bond motifs is 4. The molecule has 8 atom stereocenters. The van der Waals surface area contributed by atoms with Crippen molar-refractivity contribution < 1.29 is 0 Å². The van der Waals surface area contributed by atoms with E-state index in [9.17, 15) is 0 Å². The van der Waals surface area contributed by atoms with Crippen LogP contribution in [0.25, 0.3) is 0 Å². The first kappa shape index (κ1) is 7.09. The maximum Gasteiger partial charge on any atom is -0.0132 e. The second-order valence-electron chi connectivity index (χ2n) is 6.44. The number of allylic oxidation sites excluding steroid dienone is 2. The highest BCUT2D eigenvalue weighted by molar-refractivity contribution is 5.39. The molecular formula is C14H18. The Morgan fingerprint density at radius 3 is 2.57 bits per heavy atom. The van der Waals surface area contributed by atoms with Crippen LogP contribution in [-0.2, 0) is 0 Å². The maximum atomic E-state index is 2.58. The van der Waals surface area contributed by atoms with Crippen LogP contribution in [0.2, 0.25) is 0 Å². The van der Waals surface area contributed by atoms with Gasteiger partial charge in [-0.1, -0.05) is 18.6 Å². The summed E-state index contributed by atoms with van der Waals surface area (Å²) in [5, 5.41) is 0. The molecule has 0 heterocycles. The lowest BCUT2D eigenvalue weighted by Crippen LogP contribution is -2.38. The molecule has 0 radical (unpaired) electrons. The SMILES string of the molecule is CC[C@@H]1CC=C1C1C2C3CC3C3C1C23. The Kier molecular flexibility index (Phi) is 0.941. The van der Waals surface area contributed by atoms with Crippen molar-refractivity contribution in [3.05, 3.63) is 11.6 Å². The average molecular weight is 186 g/mol. The van der Waals surface area contributed by atoms with E-state index in [4.69, 9.17) is 0 Å². The van der Waals surface area contributed by atoms with Crippen LogP contribution in [0, 0.1) is 47.3 Å². The monoisotopic (exact) mass is 186 g/mol. The van der Waals surface area contributed by atoms with E-state index < -0.39 is 0 Å². The summed E-state index contributed by atoms with van der Waals surface area (Å²) in [6.45, 7) is 2.37. The molecule has 0 nitrogen and oxygen atoms in total. The summed E-state index contributed by atoms with van der Waals surface area (Å²) in [6.07, 6.45) is 7.03. The lowest BCUT2D eigenvalue weighted by molar-refractivity contribution is 0.135. The molecule has 5 aliphatic rings. The van der Waals surface area contributed by atoms with Crippen molar-refractivity contribution in [2.75, 3.05) is 0 Å². The standard InChI is InChI=1S/C14H18/c1-2-6-3-4-7(6)10-11-8-5-9(8)12-13(10)14(11)12/h4,6,8-14H,2-3,5H2,1H3/t6-,8?,9?,10?,11?,12?,13?,14?/m1/s1. The Morgan fingerprint density at radius 2 is 2.00 bits per heavy atom. The van der Waals surface area contributed by atoms with Crippen molar-refractivity contribution in [3.8, 4) is 0 Å². The first-order chi connectivity index (χ1) is 6.92. The van der Waals surface area contributed by atoms with Gasteiger partial charge in [0.2, 0.25) is 0 Å². The fourth-order valence-electron chi connectivity index (χ4n) is 5.65. The Labute approximate surface area is 85.8 Å². The molecule has 0 spiro atoms. The molecule has 0 heteroatoms. The van der Waals surface area contributed by atoms with Crippen molar-refractivity contribution in [1.29, 1.82) is 0 Å². The molecule has 5 aliphatic carbocycles. The Balaban J connectivity index is 1.48. The Bertz CT molecular complexity index is 351. The van der Waals surface area contributed by atoms with Crippen LogP contribution in [0.5, 0.6) is 0 Å². The van der Waals surface area contributed by atoms with Gasteiger partial charge in [0.05, 0.1) is 0 Å². The molecule has 7 unspecified atom stereocenters. The van der Waals surface area contributed by atoms with Crippen molar-refractivity contribution in [3.63, 3.8) is 0 Å². The van der Waals surface area contributed by atoms with Crippen molar-refractivity contribution in [2.24, 2.45) is 47.3 Å². The quantitative estimate of drug-likeness (QED) is 0.581. The molecule has 0 saturated heterocycles. The second kappa shape index (κ2) is 1.86. The molecule has 4 fully saturated rings. The van der Waals surface area contributed by atoms with E-state index in [1.165, 1.54) is 48.3 Å². The van der Waals surface area contributed by atoms with Crippen molar-refractivity contribution in [2.45, 2.75) is 26.2 Å². The summed E-state index contributed by atoms with van der Waals surface area (Å²) >= 11 is 0. The van der Waals surface area contributed by atoms with Gasteiger partial charge in [-0.2, -0.15) is 0 Å². The van der Waals surface area contributed by atoms with Crippen LogP contribution in [-0.4, -0.2) is 0 Å². The summed E-state index contributed by atoms with van der Waals surface area (Å²) in [7, 11) is 0. The minimum absolute atomic E-state index is 1.01. The molecule has 14 heavy (non-hydrogen) atoms. The van der Waals surface area contributed by atoms with Crippen LogP contribution in [0.4, 0.5) is 0 Å². The summed E-state index contributed by atoms with van der Waals surface area (Å²) in [5.74, 6) is 9.51. The zero-order valence-electron chi connectivity index (χ0n) is 8.82. The highest BCUT2D eigenvalue weighted by atomic mass is 14.9. The number of hydrogen-bond acceptors (Lipinski definition) is 0. The molecule has 0 aromatic rings. The Morgan fingerprint density at radius 1 is 1.14 bits per heavy atom. The van der Waals surface area contributed by atoms with Gasteiger partial charge in [-0.25, -0.2) is 0 Å². The minimum Gasteiger partial charge on any atom is -0.0841 e. The van der Waals surface area contributed by atoms with Gasteiger partial charge >= 0.3 is 0 Å². The zero-order chi connectivity index (χ0) is 9.02.